The summed E-state index contributed by atoms with van der Waals surface area (Å²) in [5.41, 5.74) is 1.40. The first kappa shape index (κ1) is 23.5. The first-order chi connectivity index (χ1) is 14.8. The van der Waals surface area contributed by atoms with E-state index in [-0.39, 0.29) is 24.6 Å². The molecule has 0 bridgehead atoms. The van der Waals surface area contributed by atoms with Crippen molar-refractivity contribution in [1.29, 1.82) is 0 Å². The molecule has 164 valence electrons. The second-order valence-corrected chi connectivity index (χ2v) is 7.31. The number of carbonyl (C=O) groups is 3. The molecule has 0 aliphatic carbocycles. The number of nitro groups is 1. The number of rotatable bonds is 10. The molecule has 0 aliphatic heterocycles. The number of nitrogens with zero attached hydrogens (tertiary/aromatic N) is 1. The summed E-state index contributed by atoms with van der Waals surface area (Å²) in [6.45, 7) is 3.58. The molecule has 0 fully saturated rings. The van der Waals surface area contributed by atoms with Crippen LogP contribution in [0.1, 0.15) is 25.0 Å². The lowest BCUT2D eigenvalue weighted by atomic mass is 10.0. The highest BCUT2D eigenvalue weighted by atomic mass is 16.6. The number of hydrogen-bond donors (Lipinski definition) is 2. The number of ether oxygens (including phenoxy) is 1. The Morgan fingerprint density at radius 3 is 2.23 bits per heavy atom. The number of nitrogens with one attached hydrogen (secondary N) is 2. The van der Waals surface area contributed by atoms with Crippen molar-refractivity contribution in [3.63, 3.8) is 0 Å². The van der Waals surface area contributed by atoms with E-state index < -0.39 is 29.0 Å². The molecule has 0 saturated heterocycles. The van der Waals surface area contributed by atoms with Gasteiger partial charge in [-0.15, -0.1) is 0 Å². The Morgan fingerprint density at radius 2 is 1.68 bits per heavy atom. The van der Waals surface area contributed by atoms with Crippen LogP contribution in [0.3, 0.4) is 0 Å². The highest BCUT2D eigenvalue weighted by molar-refractivity contribution is 5.87. The van der Waals surface area contributed by atoms with E-state index in [0.29, 0.717) is 11.8 Å². The van der Waals surface area contributed by atoms with Gasteiger partial charge in [-0.2, -0.15) is 0 Å². The van der Waals surface area contributed by atoms with Crippen molar-refractivity contribution in [2.24, 2.45) is 5.92 Å². The van der Waals surface area contributed by atoms with Gasteiger partial charge in [-0.1, -0.05) is 56.3 Å². The van der Waals surface area contributed by atoms with E-state index in [1.807, 2.05) is 30.3 Å². The second-order valence-electron chi connectivity index (χ2n) is 7.31. The van der Waals surface area contributed by atoms with Gasteiger partial charge in [-0.25, -0.2) is 4.79 Å². The predicted octanol–water partition coefficient (Wildman–Crippen LogP) is 2.77. The topological polar surface area (TPSA) is 128 Å². The van der Waals surface area contributed by atoms with Crippen LogP contribution in [-0.2, 0) is 27.4 Å². The van der Waals surface area contributed by atoms with Gasteiger partial charge in [0.05, 0.1) is 11.0 Å². The first-order valence-electron chi connectivity index (χ1n) is 9.76. The van der Waals surface area contributed by atoms with Gasteiger partial charge in [-0.3, -0.25) is 14.9 Å². The van der Waals surface area contributed by atoms with Crippen molar-refractivity contribution in [2.75, 3.05) is 0 Å². The van der Waals surface area contributed by atoms with Gasteiger partial charge < -0.3 is 20.2 Å². The molecule has 2 N–H and O–H groups in total. The van der Waals surface area contributed by atoms with Crippen molar-refractivity contribution in [3.05, 3.63) is 75.8 Å². The Hall–Kier alpha value is -3.75. The van der Waals surface area contributed by atoms with Crippen LogP contribution in [0, 0.1) is 16.0 Å². The molecule has 2 aromatic rings. The third-order valence-electron chi connectivity index (χ3n) is 4.53. The average molecular weight is 427 g/mol. The largest absolute Gasteiger partial charge is 0.445 e. The number of benzene rings is 2. The molecule has 2 amide bonds. The number of aldehydes is 1. The van der Waals surface area contributed by atoms with Crippen molar-refractivity contribution in [3.8, 4) is 0 Å². The summed E-state index contributed by atoms with van der Waals surface area (Å²) in [6, 6.07) is 13.1. The Morgan fingerprint density at radius 1 is 1.03 bits per heavy atom. The summed E-state index contributed by atoms with van der Waals surface area (Å²) in [5.74, 6) is -0.776. The quantitative estimate of drug-likeness (QED) is 0.341. The monoisotopic (exact) mass is 427 g/mol. The van der Waals surface area contributed by atoms with Gasteiger partial charge in [0.2, 0.25) is 5.91 Å². The minimum absolute atomic E-state index is 0.0616. The van der Waals surface area contributed by atoms with E-state index in [0.717, 1.165) is 5.56 Å². The van der Waals surface area contributed by atoms with Gasteiger partial charge in [0.25, 0.3) is 5.69 Å². The fourth-order valence-corrected chi connectivity index (χ4v) is 2.84. The highest BCUT2D eigenvalue weighted by Gasteiger charge is 2.27. The molecule has 31 heavy (non-hydrogen) atoms. The van der Waals surface area contributed by atoms with E-state index in [4.69, 9.17) is 4.74 Å². The first-order valence-corrected chi connectivity index (χ1v) is 9.76. The zero-order chi connectivity index (χ0) is 22.8. The van der Waals surface area contributed by atoms with E-state index >= 15 is 0 Å². The fraction of sp³-hybridized carbons (Fsp3) is 0.318. The highest BCUT2D eigenvalue weighted by Crippen LogP contribution is 2.13. The van der Waals surface area contributed by atoms with Crippen LogP contribution in [-0.4, -0.2) is 35.3 Å². The maximum atomic E-state index is 12.7. The van der Waals surface area contributed by atoms with E-state index in [2.05, 4.69) is 10.6 Å². The lowest BCUT2D eigenvalue weighted by Gasteiger charge is -2.23. The van der Waals surface area contributed by atoms with Gasteiger partial charge in [0.1, 0.15) is 18.9 Å². The molecular weight excluding hydrogens is 402 g/mol. The van der Waals surface area contributed by atoms with Crippen LogP contribution in [0.5, 0.6) is 0 Å². The van der Waals surface area contributed by atoms with Crippen LogP contribution in [0.4, 0.5) is 10.5 Å². The van der Waals surface area contributed by atoms with E-state index in [1.165, 1.54) is 24.3 Å². The Balaban J connectivity index is 1.93. The molecule has 9 heteroatoms. The van der Waals surface area contributed by atoms with Crippen LogP contribution in [0.2, 0.25) is 0 Å². The maximum Gasteiger partial charge on any atom is 0.408 e. The molecule has 9 nitrogen and oxygen atoms in total. The summed E-state index contributed by atoms with van der Waals surface area (Å²) in [6.07, 6.45) is 0.0109. The number of hydrogen-bond acceptors (Lipinski definition) is 6. The molecule has 2 unspecified atom stereocenters. The molecule has 0 heterocycles. The molecule has 0 radical (unpaired) electrons. The standard InChI is InChI=1S/C22H25N3O6/c1-15(2)20(24-22(28)31-14-17-6-4-3-5-7-17)21(27)23-18(13-26)12-16-8-10-19(11-9-16)25(29)30/h3-11,13,15,18,20H,12,14H2,1-2H3,(H,23,27)(H,24,28). The van der Waals surface area contributed by atoms with E-state index in [9.17, 15) is 24.5 Å². The SMILES string of the molecule is CC(C)C(NC(=O)OCc1ccccc1)C(=O)NC(C=O)Cc1ccc([N+](=O)[O-])cc1. The average Bonchev–Trinajstić information content (AvgIpc) is 2.76. The molecule has 2 atom stereocenters. The van der Waals surface area contributed by atoms with Crippen molar-refractivity contribution >= 4 is 24.0 Å². The summed E-state index contributed by atoms with van der Waals surface area (Å²) >= 11 is 0. The van der Waals surface area contributed by atoms with E-state index in [1.54, 1.807) is 13.8 Å². The van der Waals surface area contributed by atoms with Gasteiger partial charge >= 0.3 is 6.09 Å². The number of amides is 2. The molecule has 2 rings (SSSR count). The Labute approximate surface area is 179 Å². The minimum Gasteiger partial charge on any atom is -0.445 e. The van der Waals surface area contributed by atoms with Gasteiger partial charge in [-0.05, 0) is 23.5 Å². The Kier molecular flexibility index (Phi) is 8.68. The zero-order valence-electron chi connectivity index (χ0n) is 17.3. The molecular formula is C22H25N3O6. The summed E-state index contributed by atoms with van der Waals surface area (Å²) in [5, 5.41) is 15.9. The number of nitro benzene ring substituents is 1. The zero-order valence-corrected chi connectivity index (χ0v) is 17.3. The van der Waals surface area contributed by atoms with Gasteiger partial charge in [0, 0.05) is 12.1 Å². The Bertz CT molecular complexity index is 899. The predicted molar refractivity (Wildman–Crippen MR) is 113 cm³/mol. The lowest BCUT2D eigenvalue weighted by molar-refractivity contribution is -0.384. The maximum absolute atomic E-state index is 12.7. The van der Waals surface area contributed by atoms with Crippen molar-refractivity contribution in [1.82, 2.24) is 10.6 Å². The van der Waals surface area contributed by atoms with Crippen LogP contribution >= 0.6 is 0 Å². The van der Waals surface area contributed by atoms with Crippen molar-refractivity contribution in [2.45, 2.75) is 39.0 Å². The van der Waals surface area contributed by atoms with Crippen molar-refractivity contribution < 1.29 is 24.0 Å². The molecule has 0 aliphatic rings. The third kappa shape index (κ3) is 7.54. The number of carbonyl (C=O) groups excluding carboxylic acids is 3. The molecule has 0 aromatic heterocycles. The summed E-state index contributed by atoms with van der Waals surface area (Å²) in [4.78, 5) is 46.5. The van der Waals surface area contributed by atoms with Crippen LogP contribution in [0.25, 0.3) is 0 Å². The lowest BCUT2D eigenvalue weighted by Crippen LogP contribution is -2.52. The molecule has 0 spiro atoms. The molecule has 2 aromatic carbocycles. The summed E-state index contributed by atoms with van der Waals surface area (Å²) < 4.78 is 5.16. The van der Waals surface area contributed by atoms with Crippen LogP contribution < -0.4 is 10.6 Å². The van der Waals surface area contributed by atoms with Crippen LogP contribution in [0.15, 0.2) is 54.6 Å². The third-order valence-corrected chi connectivity index (χ3v) is 4.53. The smallest absolute Gasteiger partial charge is 0.408 e. The second kappa shape index (κ2) is 11.4. The number of alkyl carbamates (subject to hydrolysis) is 1. The van der Waals surface area contributed by atoms with Gasteiger partial charge in [0.15, 0.2) is 0 Å². The number of non-ortho nitro benzene ring substituents is 1. The normalized spacial score (nSPS) is 12.5. The fourth-order valence-electron chi connectivity index (χ4n) is 2.84. The molecule has 0 saturated carbocycles. The summed E-state index contributed by atoms with van der Waals surface area (Å²) in [7, 11) is 0. The minimum atomic E-state index is -0.900.